The summed E-state index contributed by atoms with van der Waals surface area (Å²) in [7, 11) is 0. The van der Waals surface area contributed by atoms with Crippen LogP contribution in [0.15, 0.2) is 23.5 Å². The highest BCUT2D eigenvalue weighted by molar-refractivity contribution is 5.80. The fourth-order valence-corrected chi connectivity index (χ4v) is 3.98. The van der Waals surface area contributed by atoms with Gasteiger partial charge in [0.05, 0.1) is 6.10 Å². The van der Waals surface area contributed by atoms with E-state index in [4.69, 9.17) is 9.73 Å². The number of nitrogens with zero attached hydrogens (tertiary/aromatic N) is 3. The van der Waals surface area contributed by atoms with Gasteiger partial charge in [-0.25, -0.2) is 0 Å². The number of nitrogens with one attached hydrogen (secondary N) is 2. The van der Waals surface area contributed by atoms with Crippen LogP contribution in [-0.2, 0) is 11.3 Å². The lowest BCUT2D eigenvalue weighted by molar-refractivity contribution is -0.168. The van der Waals surface area contributed by atoms with E-state index < -0.39 is 0 Å². The minimum absolute atomic E-state index is 0.362. The van der Waals surface area contributed by atoms with E-state index in [1.807, 2.05) is 23.1 Å². The van der Waals surface area contributed by atoms with E-state index in [0.29, 0.717) is 17.6 Å². The van der Waals surface area contributed by atoms with Gasteiger partial charge in [-0.3, -0.25) is 9.67 Å². The van der Waals surface area contributed by atoms with Gasteiger partial charge in [0.15, 0.2) is 5.96 Å². The Bertz CT molecular complexity index is 524. The van der Waals surface area contributed by atoms with Crippen LogP contribution in [0.5, 0.6) is 0 Å². The first kappa shape index (κ1) is 17.3. The largest absolute Gasteiger partial charge is 0.378 e. The lowest BCUT2D eigenvalue weighted by atomic mass is 9.51. The third-order valence-electron chi connectivity index (χ3n) is 5.47. The molecule has 0 radical (unpaired) electrons. The fourth-order valence-electron chi connectivity index (χ4n) is 3.98. The van der Waals surface area contributed by atoms with Crippen molar-refractivity contribution in [2.75, 3.05) is 19.7 Å². The summed E-state index contributed by atoms with van der Waals surface area (Å²) >= 11 is 0. The molecule has 1 heterocycles. The molecule has 1 spiro atoms. The Morgan fingerprint density at radius 1 is 1.42 bits per heavy atom. The maximum Gasteiger partial charge on any atom is 0.191 e. The number of aromatic nitrogens is 2. The number of aryl methyl sites for hydroxylation is 1. The van der Waals surface area contributed by atoms with Crippen LogP contribution in [0.25, 0.3) is 0 Å². The molecule has 2 atom stereocenters. The molecule has 134 valence electrons. The number of ether oxygens (including phenoxy) is 1. The molecule has 2 fully saturated rings. The van der Waals surface area contributed by atoms with Crippen molar-refractivity contribution in [3.8, 4) is 0 Å². The van der Waals surface area contributed by atoms with Crippen LogP contribution in [-0.4, -0.2) is 47.6 Å². The third kappa shape index (κ3) is 3.58. The highest BCUT2D eigenvalue weighted by atomic mass is 16.5. The molecule has 0 aromatic carbocycles. The molecule has 0 saturated heterocycles. The normalized spacial score (nSPS) is 25.2. The van der Waals surface area contributed by atoms with Gasteiger partial charge in [0.2, 0.25) is 0 Å². The molecular formula is C18H31N5O. The van der Waals surface area contributed by atoms with E-state index in [0.717, 1.165) is 45.0 Å². The summed E-state index contributed by atoms with van der Waals surface area (Å²) in [6.45, 7) is 7.64. The smallest absolute Gasteiger partial charge is 0.191 e. The van der Waals surface area contributed by atoms with Gasteiger partial charge in [0.1, 0.15) is 0 Å². The van der Waals surface area contributed by atoms with Crippen LogP contribution < -0.4 is 10.6 Å². The molecule has 2 N–H and O–H groups in total. The molecule has 3 rings (SSSR count). The molecule has 6 heteroatoms. The van der Waals surface area contributed by atoms with E-state index in [9.17, 15) is 0 Å². The van der Waals surface area contributed by atoms with Crippen LogP contribution in [0.2, 0.25) is 0 Å². The molecule has 24 heavy (non-hydrogen) atoms. The second-order valence-electron chi connectivity index (χ2n) is 6.85. The van der Waals surface area contributed by atoms with Crippen molar-refractivity contribution in [3.63, 3.8) is 0 Å². The van der Waals surface area contributed by atoms with Crippen molar-refractivity contribution in [2.24, 2.45) is 10.4 Å². The first-order valence-electron chi connectivity index (χ1n) is 9.42. The topological polar surface area (TPSA) is 63.5 Å². The maximum absolute atomic E-state index is 5.94. The van der Waals surface area contributed by atoms with Gasteiger partial charge >= 0.3 is 0 Å². The van der Waals surface area contributed by atoms with Crippen molar-refractivity contribution in [2.45, 2.75) is 64.6 Å². The van der Waals surface area contributed by atoms with Gasteiger partial charge in [0.25, 0.3) is 0 Å². The molecule has 0 amide bonds. The second-order valence-corrected chi connectivity index (χ2v) is 6.85. The van der Waals surface area contributed by atoms with Crippen LogP contribution in [0.1, 0.15) is 46.0 Å². The fraction of sp³-hybridized carbons (Fsp3) is 0.778. The van der Waals surface area contributed by atoms with Crippen molar-refractivity contribution >= 4 is 5.96 Å². The van der Waals surface area contributed by atoms with Crippen molar-refractivity contribution < 1.29 is 4.74 Å². The average molecular weight is 333 g/mol. The minimum Gasteiger partial charge on any atom is -0.378 e. The van der Waals surface area contributed by atoms with E-state index in [-0.39, 0.29) is 0 Å². The van der Waals surface area contributed by atoms with Gasteiger partial charge in [-0.05, 0) is 45.6 Å². The molecule has 0 aliphatic heterocycles. The molecule has 6 nitrogen and oxygen atoms in total. The third-order valence-corrected chi connectivity index (χ3v) is 5.47. The monoisotopic (exact) mass is 333 g/mol. The summed E-state index contributed by atoms with van der Waals surface area (Å²) in [5.41, 5.74) is 0.362. The van der Waals surface area contributed by atoms with Gasteiger partial charge in [-0.2, -0.15) is 5.10 Å². The zero-order valence-electron chi connectivity index (χ0n) is 15.0. The molecule has 1 aromatic heterocycles. The van der Waals surface area contributed by atoms with E-state index in [2.05, 4.69) is 29.6 Å². The van der Waals surface area contributed by atoms with E-state index >= 15 is 0 Å². The van der Waals surface area contributed by atoms with Gasteiger partial charge in [-0.1, -0.05) is 6.42 Å². The lowest BCUT2D eigenvalue weighted by Crippen LogP contribution is -2.68. The molecular weight excluding hydrogens is 302 g/mol. The Hall–Kier alpha value is -1.56. The quantitative estimate of drug-likeness (QED) is 0.435. The minimum atomic E-state index is 0.362. The van der Waals surface area contributed by atoms with E-state index in [1.54, 1.807) is 0 Å². The van der Waals surface area contributed by atoms with E-state index in [1.165, 1.54) is 19.3 Å². The summed E-state index contributed by atoms with van der Waals surface area (Å²) in [4.78, 5) is 4.74. The number of aliphatic imine (C=N–C) groups is 1. The number of hydrogen-bond donors (Lipinski definition) is 2. The Kier molecular flexibility index (Phi) is 5.76. The van der Waals surface area contributed by atoms with Crippen molar-refractivity contribution in [3.05, 3.63) is 18.5 Å². The van der Waals surface area contributed by atoms with Crippen LogP contribution in [0.3, 0.4) is 0 Å². The summed E-state index contributed by atoms with van der Waals surface area (Å²) < 4.78 is 7.89. The highest BCUT2D eigenvalue weighted by Crippen LogP contribution is 2.57. The van der Waals surface area contributed by atoms with Gasteiger partial charge in [-0.15, -0.1) is 0 Å². The molecule has 2 aliphatic carbocycles. The first-order valence-corrected chi connectivity index (χ1v) is 9.42. The Morgan fingerprint density at radius 3 is 2.92 bits per heavy atom. The van der Waals surface area contributed by atoms with Crippen LogP contribution >= 0.6 is 0 Å². The molecule has 2 saturated carbocycles. The zero-order valence-corrected chi connectivity index (χ0v) is 15.0. The summed E-state index contributed by atoms with van der Waals surface area (Å²) in [6, 6.07) is 2.46. The van der Waals surface area contributed by atoms with Gasteiger partial charge < -0.3 is 15.4 Å². The average Bonchev–Trinajstić information content (AvgIpc) is 3.02. The summed E-state index contributed by atoms with van der Waals surface area (Å²) in [6.07, 6.45) is 10.3. The standard InChI is InChI=1S/C18H31N5O/c1-3-19-17(20-10-6-12-23-13-7-11-21-23)22-15-14-16(24-4-2)18(15)8-5-9-18/h7,11,13,15-16H,3-6,8-10,12,14H2,1-2H3,(H2,19,20,22). The number of rotatable bonds is 8. The highest BCUT2D eigenvalue weighted by Gasteiger charge is 2.59. The number of guanidine groups is 1. The SMILES string of the molecule is CCNC(=NCCCn1cccn1)NC1CC(OCC)C12CCC2. The predicted molar refractivity (Wildman–Crippen MR) is 96.1 cm³/mol. The van der Waals surface area contributed by atoms with Crippen LogP contribution in [0.4, 0.5) is 0 Å². The molecule has 2 unspecified atom stereocenters. The first-order chi connectivity index (χ1) is 11.8. The molecule has 0 bridgehead atoms. The number of hydrogen-bond acceptors (Lipinski definition) is 3. The van der Waals surface area contributed by atoms with Crippen LogP contribution in [0, 0.1) is 5.41 Å². The molecule has 1 aromatic rings. The van der Waals surface area contributed by atoms with Gasteiger partial charge in [0, 0.05) is 50.1 Å². The molecule has 2 aliphatic rings. The Morgan fingerprint density at radius 2 is 2.29 bits per heavy atom. The summed E-state index contributed by atoms with van der Waals surface area (Å²) in [5.74, 6) is 0.948. The Labute approximate surface area is 145 Å². The predicted octanol–water partition coefficient (Wildman–Crippen LogP) is 2.18. The second kappa shape index (κ2) is 8.01. The lowest BCUT2D eigenvalue weighted by Gasteiger charge is -2.61. The van der Waals surface area contributed by atoms with Crippen molar-refractivity contribution in [1.29, 1.82) is 0 Å². The van der Waals surface area contributed by atoms with Crippen molar-refractivity contribution in [1.82, 2.24) is 20.4 Å². The Balaban J connectivity index is 1.49. The zero-order chi connectivity index (χ0) is 16.8. The summed E-state index contributed by atoms with van der Waals surface area (Å²) in [5, 5.41) is 11.3. The maximum atomic E-state index is 5.94.